The van der Waals surface area contributed by atoms with E-state index in [0.717, 1.165) is 0 Å². The summed E-state index contributed by atoms with van der Waals surface area (Å²) in [6, 6.07) is -0.370. The summed E-state index contributed by atoms with van der Waals surface area (Å²) in [6.45, 7) is 5.29. The number of nitrogens with one attached hydrogen (secondary N) is 2. The second-order valence-electron chi connectivity index (χ2n) is 3.98. The van der Waals surface area contributed by atoms with Gasteiger partial charge in [-0.15, -0.1) is 5.10 Å². The lowest BCUT2D eigenvalue weighted by molar-refractivity contribution is -0.120. The lowest BCUT2D eigenvalue weighted by Crippen LogP contribution is -2.30. The second kappa shape index (κ2) is 4.36. The van der Waals surface area contributed by atoms with Gasteiger partial charge >= 0.3 is 0 Å². The van der Waals surface area contributed by atoms with Crippen LogP contribution in [0.25, 0.3) is 0 Å². The van der Waals surface area contributed by atoms with Gasteiger partial charge in [0, 0.05) is 12.6 Å². The van der Waals surface area contributed by atoms with E-state index in [1.54, 1.807) is 6.20 Å². The van der Waals surface area contributed by atoms with E-state index in [2.05, 4.69) is 27.5 Å². The van der Waals surface area contributed by atoms with Crippen LogP contribution < -0.4 is 10.6 Å². The van der Waals surface area contributed by atoms with Gasteiger partial charge in [-0.1, -0.05) is 11.8 Å². The van der Waals surface area contributed by atoms with Crippen LogP contribution in [0.3, 0.4) is 0 Å². The summed E-state index contributed by atoms with van der Waals surface area (Å²) < 4.78 is 1.46. The normalized spacial score (nSPS) is 19.0. The average Bonchev–Trinajstić information content (AvgIpc) is 2.74. The molecule has 0 bridgehead atoms. The van der Waals surface area contributed by atoms with Crippen LogP contribution in [0.15, 0.2) is 18.6 Å². The lowest BCUT2D eigenvalue weighted by atomic mass is 10.2. The first-order valence-electron chi connectivity index (χ1n) is 5.19. The van der Waals surface area contributed by atoms with E-state index < -0.39 is 0 Å². The molecule has 2 rings (SSSR count). The molecule has 2 N–H and O–H groups in total. The predicted octanol–water partition coefficient (Wildman–Crippen LogP) is -1.03. The number of rotatable bonds is 4. The van der Waals surface area contributed by atoms with Crippen molar-refractivity contribution >= 4 is 11.7 Å². The Labute approximate surface area is 97.9 Å². The molecule has 1 aliphatic rings. The summed E-state index contributed by atoms with van der Waals surface area (Å²) in [6.07, 6.45) is 2.08. The first-order valence-corrected chi connectivity index (χ1v) is 5.19. The van der Waals surface area contributed by atoms with Crippen LogP contribution in [0.2, 0.25) is 0 Å². The minimum absolute atomic E-state index is 0.00608. The van der Waals surface area contributed by atoms with Crippen LogP contribution >= 0.6 is 0 Å². The van der Waals surface area contributed by atoms with E-state index >= 15 is 0 Å². The summed E-state index contributed by atoms with van der Waals surface area (Å²) in [5, 5.41) is 13.2. The quantitative estimate of drug-likeness (QED) is 0.696. The topological polar surface area (TPSA) is 88.9 Å². The van der Waals surface area contributed by atoms with Gasteiger partial charge in [0.1, 0.15) is 12.6 Å². The summed E-state index contributed by atoms with van der Waals surface area (Å²) in [5.74, 6) is 0.374. The average molecular weight is 235 g/mol. The van der Waals surface area contributed by atoms with Crippen LogP contribution in [0, 0.1) is 0 Å². The molecule has 90 valence electrons. The predicted molar refractivity (Wildman–Crippen MR) is 58.6 cm³/mol. The Morgan fingerprint density at radius 3 is 3.00 bits per heavy atom. The van der Waals surface area contributed by atoms with Crippen molar-refractivity contribution in [1.82, 2.24) is 25.6 Å². The van der Waals surface area contributed by atoms with E-state index in [-0.39, 0.29) is 24.3 Å². The molecule has 7 heteroatoms. The number of Topliss-reactive ketones (excluding diaryl/α,β-unsaturated/α-hetero) is 1. The molecule has 1 saturated heterocycles. The largest absolute Gasteiger partial charge is 0.360 e. The van der Waals surface area contributed by atoms with Crippen LogP contribution in [0.5, 0.6) is 0 Å². The van der Waals surface area contributed by atoms with Crippen molar-refractivity contribution in [3.8, 4) is 0 Å². The third kappa shape index (κ3) is 2.68. The highest BCUT2D eigenvalue weighted by molar-refractivity contribution is 5.86. The molecule has 0 aromatic carbocycles. The standard InChI is InChI=1S/C10H13N5O2/c1-6(16)4-15-5-8(13-14-15)3-9-10(17)12-7(2)11-9/h5,9,11H,2-4H2,1H3,(H,12,17). The maximum Gasteiger partial charge on any atom is 0.248 e. The molecule has 1 unspecified atom stereocenters. The Bertz CT molecular complexity index is 479. The van der Waals surface area contributed by atoms with Crippen LogP contribution in [0.1, 0.15) is 12.6 Å². The fourth-order valence-electron chi connectivity index (χ4n) is 1.64. The Balaban J connectivity index is 1.99. The van der Waals surface area contributed by atoms with Crippen LogP contribution in [0.4, 0.5) is 0 Å². The summed E-state index contributed by atoms with van der Waals surface area (Å²) in [5.41, 5.74) is 0.661. The maximum atomic E-state index is 11.4. The molecule has 1 aromatic rings. The van der Waals surface area contributed by atoms with Crippen molar-refractivity contribution in [2.75, 3.05) is 0 Å². The first kappa shape index (κ1) is 11.3. The smallest absolute Gasteiger partial charge is 0.248 e. The number of carbonyl (C=O) groups excluding carboxylic acids is 2. The van der Waals surface area contributed by atoms with Crippen molar-refractivity contribution in [2.24, 2.45) is 0 Å². The third-order valence-electron chi connectivity index (χ3n) is 2.32. The zero-order chi connectivity index (χ0) is 12.4. The summed E-state index contributed by atoms with van der Waals surface area (Å²) >= 11 is 0. The van der Waals surface area contributed by atoms with Crippen molar-refractivity contribution in [3.63, 3.8) is 0 Å². The van der Waals surface area contributed by atoms with Crippen LogP contribution in [-0.4, -0.2) is 32.7 Å². The first-order chi connectivity index (χ1) is 8.04. The molecule has 1 atom stereocenters. The fourth-order valence-corrected chi connectivity index (χ4v) is 1.64. The molecule has 1 aliphatic heterocycles. The van der Waals surface area contributed by atoms with Gasteiger partial charge in [0.2, 0.25) is 5.91 Å². The number of nitrogens with zero attached hydrogens (tertiary/aromatic N) is 3. The van der Waals surface area contributed by atoms with E-state index in [1.807, 2.05) is 0 Å². The second-order valence-corrected chi connectivity index (χ2v) is 3.98. The van der Waals surface area contributed by atoms with Gasteiger partial charge in [-0.2, -0.15) is 0 Å². The van der Waals surface area contributed by atoms with E-state index in [1.165, 1.54) is 11.6 Å². The molecule has 1 aromatic heterocycles. The molecule has 0 aliphatic carbocycles. The molecule has 2 heterocycles. The molecule has 17 heavy (non-hydrogen) atoms. The molecule has 1 amide bonds. The molecule has 7 nitrogen and oxygen atoms in total. The highest BCUT2D eigenvalue weighted by atomic mass is 16.2. The fraction of sp³-hybridized carbons (Fsp3) is 0.400. The third-order valence-corrected chi connectivity index (χ3v) is 2.32. The molecule has 0 spiro atoms. The van der Waals surface area contributed by atoms with Gasteiger partial charge in [0.05, 0.1) is 11.5 Å². The van der Waals surface area contributed by atoms with E-state index in [0.29, 0.717) is 17.9 Å². The van der Waals surface area contributed by atoms with Gasteiger partial charge in [0.15, 0.2) is 5.78 Å². The molecular weight excluding hydrogens is 222 g/mol. The lowest BCUT2D eigenvalue weighted by Gasteiger charge is -2.03. The SMILES string of the molecule is C=C1NC(=O)C(Cc2cn(CC(C)=O)nn2)N1. The number of aromatic nitrogens is 3. The zero-order valence-corrected chi connectivity index (χ0v) is 9.43. The van der Waals surface area contributed by atoms with Crippen molar-refractivity contribution in [3.05, 3.63) is 24.3 Å². The van der Waals surface area contributed by atoms with Gasteiger partial charge in [-0.3, -0.25) is 9.59 Å². The van der Waals surface area contributed by atoms with E-state index in [9.17, 15) is 9.59 Å². The van der Waals surface area contributed by atoms with E-state index in [4.69, 9.17) is 0 Å². The summed E-state index contributed by atoms with van der Waals surface area (Å²) in [7, 11) is 0. The number of hydrogen-bond acceptors (Lipinski definition) is 5. The number of amides is 1. The summed E-state index contributed by atoms with van der Waals surface area (Å²) in [4.78, 5) is 22.3. The highest BCUT2D eigenvalue weighted by Crippen LogP contribution is 2.05. The monoisotopic (exact) mass is 235 g/mol. The van der Waals surface area contributed by atoms with Crippen molar-refractivity contribution < 1.29 is 9.59 Å². The van der Waals surface area contributed by atoms with Gasteiger partial charge in [-0.25, -0.2) is 4.68 Å². The Kier molecular flexibility index (Phi) is 2.90. The molecular formula is C10H13N5O2. The number of hydrogen-bond donors (Lipinski definition) is 2. The number of ketones is 1. The molecule has 1 fully saturated rings. The van der Waals surface area contributed by atoms with Gasteiger partial charge in [-0.05, 0) is 6.92 Å². The zero-order valence-electron chi connectivity index (χ0n) is 9.43. The van der Waals surface area contributed by atoms with Crippen LogP contribution in [-0.2, 0) is 22.6 Å². The highest BCUT2D eigenvalue weighted by Gasteiger charge is 2.26. The van der Waals surface area contributed by atoms with Crippen molar-refractivity contribution in [2.45, 2.75) is 25.9 Å². The minimum Gasteiger partial charge on any atom is -0.360 e. The van der Waals surface area contributed by atoms with Gasteiger partial charge < -0.3 is 10.6 Å². The van der Waals surface area contributed by atoms with Gasteiger partial charge in [0.25, 0.3) is 0 Å². The Hall–Kier alpha value is -2.18. The maximum absolute atomic E-state index is 11.4. The Morgan fingerprint density at radius 2 is 2.41 bits per heavy atom. The Morgan fingerprint density at radius 1 is 1.65 bits per heavy atom. The number of carbonyl (C=O) groups is 2. The molecule has 0 saturated carbocycles. The van der Waals surface area contributed by atoms with Crippen molar-refractivity contribution in [1.29, 1.82) is 0 Å². The molecule has 0 radical (unpaired) electrons. The minimum atomic E-state index is -0.370.